The van der Waals surface area contributed by atoms with Gasteiger partial charge in [0, 0.05) is 36.3 Å². The third-order valence-corrected chi connectivity index (χ3v) is 6.42. The van der Waals surface area contributed by atoms with Gasteiger partial charge in [-0.1, -0.05) is 29.5 Å². The summed E-state index contributed by atoms with van der Waals surface area (Å²) >= 11 is 0. The van der Waals surface area contributed by atoms with Crippen LogP contribution < -0.4 is 10.2 Å². The van der Waals surface area contributed by atoms with Crippen LogP contribution in [0.25, 0.3) is 22.0 Å². The number of hydrogen-bond acceptors (Lipinski definition) is 5. The summed E-state index contributed by atoms with van der Waals surface area (Å²) in [6.07, 6.45) is 5.65. The number of pyridine rings is 1. The summed E-state index contributed by atoms with van der Waals surface area (Å²) in [5.74, 6) is 0.719. The van der Waals surface area contributed by atoms with E-state index in [1.165, 1.54) is 0 Å². The average molecular weight is 441 g/mol. The van der Waals surface area contributed by atoms with Gasteiger partial charge < -0.3 is 5.32 Å². The topological polar surface area (TPSA) is 75.9 Å². The van der Waals surface area contributed by atoms with Crippen molar-refractivity contribution in [3.05, 3.63) is 71.5 Å². The smallest absolute Gasteiger partial charge is 0.260 e. The minimum Gasteiger partial charge on any atom is -0.315 e. The largest absolute Gasteiger partial charge is 0.315 e. The lowest BCUT2D eigenvalue weighted by Crippen LogP contribution is -2.49. The first-order valence-electron chi connectivity index (χ1n) is 11.4. The molecule has 168 valence electrons. The zero-order chi connectivity index (χ0) is 22.9. The van der Waals surface area contributed by atoms with Crippen LogP contribution in [0.3, 0.4) is 0 Å². The van der Waals surface area contributed by atoms with Crippen molar-refractivity contribution in [1.82, 2.24) is 25.3 Å². The number of nitrogens with one attached hydrogen (secondary N) is 1. The van der Waals surface area contributed by atoms with Crippen molar-refractivity contribution < 1.29 is 4.79 Å². The molecule has 0 saturated carbocycles. The summed E-state index contributed by atoms with van der Waals surface area (Å²) < 4.78 is 1.68. The maximum absolute atomic E-state index is 14.1. The summed E-state index contributed by atoms with van der Waals surface area (Å²) in [6, 6.07) is 14.1. The zero-order valence-corrected chi connectivity index (χ0v) is 19.2. The van der Waals surface area contributed by atoms with E-state index in [0.29, 0.717) is 5.56 Å². The molecule has 1 saturated heterocycles. The molecule has 0 unspecified atom stereocenters. The Morgan fingerprint density at radius 3 is 2.76 bits per heavy atom. The van der Waals surface area contributed by atoms with Gasteiger partial charge in [0.25, 0.3) is 5.91 Å². The lowest BCUT2D eigenvalue weighted by molar-refractivity contribution is 0.0971. The molecule has 3 heterocycles. The van der Waals surface area contributed by atoms with Gasteiger partial charge in [-0.25, -0.2) is 4.98 Å². The maximum atomic E-state index is 14.1. The molecule has 0 bridgehead atoms. The van der Waals surface area contributed by atoms with Crippen molar-refractivity contribution in [2.75, 3.05) is 18.0 Å². The Morgan fingerprint density at radius 1 is 1.15 bits per heavy atom. The SMILES string of the molecule is Cc1cc(-c2cn(C)nn2)ccc1C(=O)N(c1nccc2cccc(C)c12)[C@@H]1CCCNC1. The Balaban J connectivity index is 1.60. The fraction of sp³-hybridized carbons (Fsp3) is 0.308. The molecule has 5 rings (SSSR count). The molecule has 1 amide bonds. The normalized spacial score (nSPS) is 16.2. The number of hydrogen-bond donors (Lipinski definition) is 1. The van der Waals surface area contributed by atoms with E-state index in [-0.39, 0.29) is 11.9 Å². The van der Waals surface area contributed by atoms with Crippen LogP contribution >= 0.6 is 0 Å². The number of piperidine rings is 1. The van der Waals surface area contributed by atoms with Gasteiger partial charge in [-0.2, -0.15) is 0 Å². The lowest BCUT2D eigenvalue weighted by Gasteiger charge is -2.35. The first-order valence-corrected chi connectivity index (χ1v) is 11.4. The van der Waals surface area contributed by atoms with E-state index in [0.717, 1.165) is 64.9 Å². The third kappa shape index (κ3) is 4.00. The summed E-state index contributed by atoms with van der Waals surface area (Å²) in [6.45, 7) is 5.79. The predicted molar refractivity (Wildman–Crippen MR) is 130 cm³/mol. The monoisotopic (exact) mass is 440 g/mol. The second-order valence-electron chi connectivity index (χ2n) is 8.79. The highest BCUT2D eigenvalue weighted by Gasteiger charge is 2.31. The molecule has 1 fully saturated rings. The van der Waals surface area contributed by atoms with E-state index < -0.39 is 0 Å². The van der Waals surface area contributed by atoms with Gasteiger partial charge in [-0.3, -0.25) is 14.4 Å². The fourth-order valence-electron chi connectivity index (χ4n) is 4.73. The highest BCUT2D eigenvalue weighted by molar-refractivity contribution is 6.11. The zero-order valence-electron chi connectivity index (χ0n) is 19.2. The highest BCUT2D eigenvalue weighted by Crippen LogP contribution is 2.32. The molecular formula is C26H28N6O. The van der Waals surface area contributed by atoms with Gasteiger partial charge in [0.15, 0.2) is 0 Å². The van der Waals surface area contributed by atoms with Gasteiger partial charge in [0.1, 0.15) is 11.5 Å². The predicted octanol–water partition coefficient (Wildman–Crippen LogP) is 4.05. The van der Waals surface area contributed by atoms with Crippen LogP contribution in [-0.4, -0.2) is 45.0 Å². The first-order chi connectivity index (χ1) is 16.0. The van der Waals surface area contributed by atoms with Gasteiger partial charge in [0.2, 0.25) is 0 Å². The van der Waals surface area contributed by atoms with Crippen LogP contribution in [0.4, 0.5) is 5.82 Å². The van der Waals surface area contributed by atoms with E-state index in [4.69, 9.17) is 4.98 Å². The molecular weight excluding hydrogens is 412 g/mol. The van der Waals surface area contributed by atoms with Crippen LogP contribution in [0.5, 0.6) is 0 Å². The van der Waals surface area contributed by atoms with Crippen LogP contribution in [-0.2, 0) is 7.05 Å². The van der Waals surface area contributed by atoms with Gasteiger partial charge >= 0.3 is 0 Å². The second kappa shape index (κ2) is 8.75. The standard InChI is InChI=1S/C26H28N6O/c1-17-6-4-7-19-11-13-28-25(24(17)19)32(21-8-5-12-27-15-21)26(33)22-10-9-20(14-18(22)2)23-16-31(3)30-29-23/h4,6-7,9-11,13-14,16,21,27H,5,8,12,15H2,1-3H3/t21-/m1/s1. The van der Waals surface area contributed by atoms with E-state index in [1.807, 2.05) is 55.4 Å². The molecule has 1 aliphatic rings. The summed E-state index contributed by atoms with van der Waals surface area (Å²) in [4.78, 5) is 20.8. The molecule has 1 N–H and O–H groups in total. The Hall–Kier alpha value is -3.58. The molecule has 1 atom stereocenters. The summed E-state index contributed by atoms with van der Waals surface area (Å²) in [5, 5.41) is 13.8. The first kappa shape index (κ1) is 21.3. The number of nitrogens with zero attached hydrogens (tertiary/aromatic N) is 5. The molecule has 1 aliphatic heterocycles. The van der Waals surface area contributed by atoms with Crippen LogP contribution in [0.15, 0.2) is 54.9 Å². The van der Waals surface area contributed by atoms with Crippen molar-refractivity contribution in [2.45, 2.75) is 32.7 Å². The number of rotatable bonds is 4. The fourth-order valence-corrected chi connectivity index (χ4v) is 4.73. The molecule has 0 radical (unpaired) electrons. The Morgan fingerprint density at radius 2 is 2.03 bits per heavy atom. The third-order valence-electron chi connectivity index (χ3n) is 6.42. The number of anilines is 1. The van der Waals surface area contributed by atoms with Crippen molar-refractivity contribution in [3.63, 3.8) is 0 Å². The lowest BCUT2D eigenvalue weighted by atomic mass is 9.98. The molecule has 0 aliphatic carbocycles. The number of benzene rings is 2. The molecule has 7 heteroatoms. The van der Waals surface area contributed by atoms with Crippen molar-refractivity contribution >= 4 is 22.5 Å². The van der Waals surface area contributed by atoms with E-state index in [1.54, 1.807) is 10.9 Å². The van der Waals surface area contributed by atoms with Gasteiger partial charge in [-0.15, -0.1) is 5.10 Å². The molecule has 2 aromatic heterocycles. The minimum absolute atomic E-state index is 0.0184. The van der Waals surface area contributed by atoms with Crippen molar-refractivity contribution in [1.29, 1.82) is 0 Å². The van der Waals surface area contributed by atoms with E-state index >= 15 is 0 Å². The van der Waals surface area contributed by atoms with Crippen molar-refractivity contribution in [3.8, 4) is 11.3 Å². The number of carbonyl (C=O) groups is 1. The Kier molecular flexibility index (Phi) is 5.64. The quantitative estimate of drug-likeness (QED) is 0.518. The molecule has 4 aromatic rings. The highest BCUT2D eigenvalue weighted by atomic mass is 16.2. The Bertz CT molecular complexity index is 1320. The van der Waals surface area contributed by atoms with Crippen LogP contribution in [0.1, 0.15) is 34.3 Å². The average Bonchev–Trinajstić information content (AvgIpc) is 3.26. The van der Waals surface area contributed by atoms with E-state index in [9.17, 15) is 4.79 Å². The van der Waals surface area contributed by atoms with E-state index in [2.05, 4.69) is 34.7 Å². The molecule has 33 heavy (non-hydrogen) atoms. The maximum Gasteiger partial charge on any atom is 0.260 e. The second-order valence-corrected chi connectivity index (χ2v) is 8.79. The minimum atomic E-state index is -0.0184. The van der Waals surface area contributed by atoms with Gasteiger partial charge in [0.05, 0.1) is 12.2 Å². The molecule has 0 spiro atoms. The molecule has 7 nitrogen and oxygen atoms in total. The van der Waals surface area contributed by atoms with Gasteiger partial charge in [-0.05, 0) is 67.9 Å². The number of fused-ring (bicyclic) bond motifs is 1. The number of aryl methyl sites for hydroxylation is 3. The van der Waals surface area contributed by atoms with Crippen LogP contribution in [0.2, 0.25) is 0 Å². The van der Waals surface area contributed by atoms with Crippen LogP contribution in [0, 0.1) is 13.8 Å². The number of amides is 1. The number of aromatic nitrogens is 4. The molecule has 2 aromatic carbocycles. The summed E-state index contributed by atoms with van der Waals surface area (Å²) in [5.41, 5.74) is 4.45. The Labute approximate surface area is 193 Å². The van der Waals surface area contributed by atoms with Crippen molar-refractivity contribution in [2.24, 2.45) is 7.05 Å². The number of carbonyl (C=O) groups excluding carboxylic acids is 1. The summed E-state index contributed by atoms with van der Waals surface area (Å²) in [7, 11) is 1.84.